The quantitative estimate of drug-likeness (QED) is 0.351. The number of nitrogens with zero attached hydrogens (tertiary/aromatic N) is 2. The minimum absolute atomic E-state index is 0.201. The molecule has 5 heteroatoms. The van der Waals surface area contributed by atoms with Crippen molar-refractivity contribution in [1.82, 2.24) is 10.3 Å². The fraction of sp³-hybridized carbons (Fsp3) is 0.545. The zero-order valence-corrected chi connectivity index (χ0v) is 10.3. The first-order valence-corrected chi connectivity index (χ1v) is 5.33. The number of hydrogen-bond acceptors (Lipinski definition) is 3. The molecule has 16 heavy (non-hydrogen) atoms. The summed E-state index contributed by atoms with van der Waals surface area (Å²) in [5.74, 6) is 7.89. The minimum Gasteiger partial charge on any atom is -0.464 e. The summed E-state index contributed by atoms with van der Waals surface area (Å²) in [6.07, 6.45) is 0. The van der Waals surface area contributed by atoms with E-state index < -0.39 is 0 Å². The van der Waals surface area contributed by atoms with Crippen LogP contribution in [0.2, 0.25) is 0 Å². The van der Waals surface area contributed by atoms with Crippen molar-refractivity contribution >= 4 is 5.96 Å². The molecular weight excluding hydrogens is 204 g/mol. The van der Waals surface area contributed by atoms with E-state index in [1.54, 1.807) is 0 Å². The first-order valence-electron chi connectivity index (χ1n) is 5.33. The van der Waals surface area contributed by atoms with Gasteiger partial charge in [-0.05, 0) is 32.9 Å². The van der Waals surface area contributed by atoms with E-state index in [9.17, 15) is 0 Å². The molecule has 0 unspecified atom stereocenters. The van der Waals surface area contributed by atoms with Gasteiger partial charge in [-0.25, -0.2) is 10.8 Å². The first-order chi connectivity index (χ1) is 7.52. The standard InChI is InChI=1S/C11H20N4O/c1-8(2)13-11(14-12)15(4)7-10-6-5-9(3)16-10/h5-6,8H,7,12H2,1-4H3,(H,13,14). The van der Waals surface area contributed by atoms with Gasteiger partial charge in [-0.15, -0.1) is 0 Å². The highest BCUT2D eigenvalue weighted by molar-refractivity contribution is 5.79. The van der Waals surface area contributed by atoms with Crippen LogP contribution in [0.25, 0.3) is 0 Å². The van der Waals surface area contributed by atoms with Gasteiger partial charge in [-0.3, -0.25) is 5.43 Å². The van der Waals surface area contributed by atoms with Gasteiger partial charge in [0.1, 0.15) is 11.5 Å². The van der Waals surface area contributed by atoms with E-state index in [1.165, 1.54) is 0 Å². The Labute approximate surface area is 96.3 Å². The summed E-state index contributed by atoms with van der Waals surface area (Å²) in [6.45, 7) is 6.57. The van der Waals surface area contributed by atoms with Crippen LogP contribution in [0.1, 0.15) is 25.4 Å². The molecule has 0 saturated carbocycles. The number of aryl methyl sites for hydroxylation is 1. The summed E-state index contributed by atoms with van der Waals surface area (Å²) in [6, 6.07) is 4.10. The molecule has 0 saturated heterocycles. The number of nitrogens with two attached hydrogens (primary N) is 1. The number of rotatable bonds is 3. The number of furan rings is 1. The molecule has 0 aliphatic heterocycles. The molecule has 0 aliphatic carbocycles. The Kier molecular flexibility index (Phi) is 4.37. The summed E-state index contributed by atoms with van der Waals surface area (Å²) in [7, 11) is 1.92. The van der Waals surface area contributed by atoms with Crippen LogP contribution in [0.4, 0.5) is 0 Å². The summed E-state index contributed by atoms with van der Waals surface area (Å²) >= 11 is 0. The van der Waals surface area contributed by atoms with Crippen LogP contribution in [-0.2, 0) is 6.54 Å². The SMILES string of the molecule is Cc1ccc(CN(C)C(=NC(C)C)NN)o1. The predicted molar refractivity (Wildman–Crippen MR) is 64.8 cm³/mol. The predicted octanol–water partition coefficient (Wildman–Crippen LogP) is 1.25. The highest BCUT2D eigenvalue weighted by Gasteiger charge is 2.08. The Bertz CT molecular complexity index is 357. The van der Waals surface area contributed by atoms with Crippen LogP contribution in [0.15, 0.2) is 21.5 Å². The van der Waals surface area contributed by atoms with Crippen molar-refractivity contribution in [2.24, 2.45) is 10.8 Å². The van der Waals surface area contributed by atoms with Crippen LogP contribution < -0.4 is 11.3 Å². The summed E-state index contributed by atoms with van der Waals surface area (Å²) < 4.78 is 5.49. The summed E-state index contributed by atoms with van der Waals surface area (Å²) in [5.41, 5.74) is 2.59. The van der Waals surface area contributed by atoms with Gasteiger partial charge in [0.2, 0.25) is 5.96 Å². The molecule has 1 rings (SSSR count). The smallest absolute Gasteiger partial charge is 0.208 e. The van der Waals surface area contributed by atoms with E-state index >= 15 is 0 Å². The van der Waals surface area contributed by atoms with Crippen LogP contribution in [0.5, 0.6) is 0 Å². The van der Waals surface area contributed by atoms with Gasteiger partial charge in [-0.1, -0.05) is 0 Å². The molecule has 1 heterocycles. The number of guanidine groups is 1. The lowest BCUT2D eigenvalue weighted by Crippen LogP contribution is -2.42. The molecular formula is C11H20N4O. The van der Waals surface area contributed by atoms with E-state index in [0.717, 1.165) is 11.5 Å². The van der Waals surface area contributed by atoms with Gasteiger partial charge < -0.3 is 9.32 Å². The average molecular weight is 224 g/mol. The third-order valence-electron chi connectivity index (χ3n) is 2.06. The number of nitrogens with one attached hydrogen (secondary N) is 1. The topological polar surface area (TPSA) is 66.8 Å². The lowest BCUT2D eigenvalue weighted by Gasteiger charge is -2.20. The van der Waals surface area contributed by atoms with Crippen molar-refractivity contribution in [2.45, 2.75) is 33.4 Å². The molecule has 0 atom stereocenters. The maximum atomic E-state index is 5.49. The zero-order chi connectivity index (χ0) is 12.1. The maximum absolute atomic E-state index is 5.49. The fourth-order valence-corrected chi connectivity index (χ4v) is 1.37. The molecule has 0 amide bonds. The second-order valence-electron chi connectivity index (χ2n) is 4.06. The monoisotopic (exact) mass is 224 g/mol. The molecule has 0 fully saturated rings. The average Bonchev–Trinajstić information content (AvgIpc) is 2.60. The van der Waals surface area contributed by atoms with Crippen LogP contribution >= 0.6 is 0 Å². The lowest BCUT2D eigenvalue weighted by atomic mass is 10.4. The Balaban J connectivity index is 2.66. The molecule has 1 aromatic heterocycles. The van der Waals surface area contributed by atoms with Crippen molar-refractivity contribution in [3.05, 3.63) is 23.7 Å². The van der Waals surface area contributed by atoms with Crippen molar-refractivity contribution in [2.75, 3.05) is 7.05 Å². The number of hydrogen-bond donors (Lipinski definition) is 2. The normalized spacial score (nSPS) is 12.0. The fourth-order valence-electron chi connectivity index (χ4n) is 1.37. The van der Waals surface area contributed by atoms with Gasteiger partial charge in [0.15, 0.2) is 0 Å². The Morgan fingerprint density at radius 1 is 1.56 bits per heavy atom. The van der Waals surface area contributed by atoms with E-state index in [4.69, 9.17) is 10.3 Å². The third kappa shape index (κ3) is 3.58. The Morgan fingerprint density at radius 2 is 2.25 bits per heavy atom. The van der Waals surface area contributed by atoms with Gasteiger partial charge in [0.05, 0.1) is 6.54 Å². The molecule has 5 nitrogen and oxygen atoms in total. The summed E-state index contributed by atoms with van der Waals surface area (Å²) in [4.78, 5) is 6.28. The molecule has 3 N–H and O–H groups in total. The molecule has 1 aromatic rings. The van der Waals surface area contributed by atoms with Crippen LogP contribution in [-0.4, -0.2) is 23.9 Å². The second kappa shape index (κ2) is 5.55. The minimum atomic E-state index is 0.201. The van der Waals surface area contributed by atoms with Gasteiger partial charge in [0, 0.05) is 13.1 Å². The second-order valence-corrected chi connectivity index (χ2v) is 4.06. The van der Waals surface area contributed by atoms with Crippen LogP contribution in [0.3, 0.4) is 0 Å². The van der Waals surface area contributed by atoms with Crippen molar-refractivity contribution in [3.8, 4) is 0 Å². The maximum Gasteiger partial charge on any atom is 0.208 e. The molecule has 0 bridgehead atoms. The molecule has 90 valence electrons. The summed E-state index contributed by atoms with van der Waals surface area (Å²) in [5, 5.41) is 0. The Hall–Kier alpha value is -1.49. The van der Waals surface area contributed by atoms with Gasteiger partial charge in [0.25, 0.3) is 0 Å². The van der Waals surface area contributed by atoms with Crippen molar-refractivity contribution in [1.29, 1.82) is 0 Å². The Morgan fingerprint density at radius 3 is 2.69 bits per heavy atom. The van der Waals surface area contributed by atoms with Crippen molar-refractivity contribution in [3.63, 3.8) is 0 Å². The van der Waals surface area contributed by atoms with E-state index in [1.807, 2.05) is 44.9 Å². The van der Waals surface area contributed by atoms with Gasteiger partial charge in [-0.2, -0.15) is 0 Å². The third-order valence-corrected chi connectivity index (χ3v) is 2.06. The molecule has 0 aliphatic rings. The van der Waals surface area contributed by atoms with E-state index in [-0.39, 0.29) is 6.04 Å². The highest BCUT2D eigenvalue weighted by atomic mass is 16.3. The van der Waals surface area contributed by atoms with Crippen LogP contribution in [0, 0.1) is 6.92 Å². The van der Waals surface area contributed by atoms with E-state index in [2.05, 4.69) is 10.4 Å². The zero-order valence-electron chi connectivity index (χ0n) is 10.3. The molecule has 0 radical (unpaired) electrons. The molecule has 0 spiro atoms. The largest absolute Gasteiger partial charge is 0.464 e. The van der Waals surface area contributed by atoms with E-state index in [0.29, 0.717) is 12.5 Å². The number of aliphatic imine (C=N–C) groups is 1. The van der Waals surface area contributed by atoms with Crippen molar-refractivity contribution < 1.29 is 4.42 Å². The van der Waals surface area contributed by atoms with Gasteiger partial charge >= 0.3 is 0 Å². The highest BCUT2D eigenvalue weighted by Crippen LogP contribution is 2.08. The first kappa shape index (κ1) is 12.6. The molecule has 0 aromatic carbocycles. The lowest BCUT2D eigenvalue weighted by molar-refractivity contribution is 0.390. The number of hydrazine groups is 1.